The molecule has 0 aliphatic carbocycles. The normalized spacial score (nSPS) is 16.5. The molecule has 4 heteroatoms. The predicted molar refractivity (Wildman–Crippen MR) is 95.0 cm³/mol. The molecule has 24 heavy (non-hydrogen) atoms. The van der Waals surface area contributed by atoms with Gasteiger partial charge in [-0.1, -0.05) is 24.3 Å². The van der Waals surface area contributed by atoms with Gasteiger partial charge in [0, 0.05) is 23.8 Å². The zero-order chi connectivity index (χ0) is 17.1. The number of hydrogen-bond donors (Lipinski definition) is 1. The molecule has 0 saturated carbocycles. The molecule has 4 nitrogen and oxygen atoms in total. The van der Waals surface area contributed by atoms with E-state index in [0.717, 1.165) is 34.6 Å². The van der Waals surface area contributed by atoms with Crippen LogP contribution in [0, 0.1) is 6.92 Å². The van der Waals surface area contributed by atoms with E-state index in [-0.39, 0.29) is 12.0 Å². The number of ether oxygens (including phenoxy) is 1. The number of aromatic nitrogens is 1. The summed E-state index contributed by atoms with van der Waals surface area (Å²) in [5.74, 6) is 0.846. The molecule has 1 aromatic carbocycles. The van der Waals surface area contributed by atoms with E-state index in [4.69, 9.17) is 4.74 Å². The highest BCUT2D eigenvalue weighted by Gasteiger charge is 2.26. The molecule has 2 aromatic rings. The van der Waals surface area contributed by atoms with E-state index in [9.17, 15) is 4.79 Å². The van der Waals surface area contributed by atoms with Crippen molar-refractivity contribution in [2.45, 2.75) is 33.3 Å². The van der Waals surface area contributed by atoms with Crippen LogP contribution in [0.5, 0.6) is 5.75 Å². The Bertz CT molecular complexity index is 796. The first kappa shape index (κ1) is 16.2. The number of fused-ring (bicyclic) bond motifs is 1. The Morgan fingerprint density at radius 3 is 2.96 bits per heavy atom. The Morgan fingerprint density at radius 1 is 1.38 bits per heavy atom. The van der Waals surface area contributed by atoms with Gasteiger partial charge in [0.05, 0.1) is 12.2 Å². The molecule has 1 atom stereocenters. The van der Waals surface area contributed by atoms with E-state index in [1.165, 1.54) is 5.56 Å². The highest BCUT2D eigenvalue weighted by Crippen LogP contribution is 2.38. The SMILES string of the molecule is C/C=C(\C)C(=O)NCC1Cc2cccc(-c3ncccc3C)c2O1. The van der Waals surface area contributed by atoms with Crippen LogP contribution in [0.25, 0.3) is 11.3 Å². The topological polar surface area (TPSA) is 51.2 Å². The maximum absolute atomic E-state index is 11.9. The molecule has 1 amide bonds. The average Bonchev–Trinajstić information content (AvgIpc) is 3.02. The van der Waals surface area contributed by atoms with Crippen LogP contribution in [-0.2, 0) is 11.2 Å². The van der Waals surface area contributed by atoms with Crippen LogP contribution in [0.15, 0.2) is 48.2 Å². The van der Waals surface area contributed by atoms with E-state index in [1.54, 1.807) is 6.20 Å². The van der Waals surface area contributed by atoms with Crippen LogP contribution in [0.3, 0.4) is 0 Å². The number of aryl methyl sites for hydroxylation is 1. The lowest BCUT2D eigenvalue weighted by atomic mass is 10.0. The first-order chi connectivity index (χ1) is 11.6. The molecule has 0 bridgehead atoms. The van der Waals surface area contributed by atoms with Gasteiger partial charge < -0.3 is 10.1 Å². The number of nitrogens with one attached hydrogen (secondary N) is 1. The molecular formula is C20H22N2O2. The average molecular weight is 322 g/mol. The molecule has 1 aliphatic rings. The van der Waals surface area contributed by atoms with Gasteiger partial charge >= 0.3 is 0 Å². The molecule has 0 fully saturated rings. The number of hydrogen-bond acceptors (Lipinski definition) is 3. The number of nitrogens with zero attached hydrogens (tertiary/aromatic N) is 1. The Hall–Kier alpha value is -2.62. The Labute approximate surface area is 142 Å². The van der Waals surface area contributed by atoms with E-state index >= 15 is 0 Å². The van der Waals surface area contributed by atoms with Crippen molar-refractivity contribution in [3.05, 3.63) is 59.3 Å². The monoisotopic (exact) mass is 322 g/mol. The molecule has 2 heterocycles. The van der Waals surface area contributed by atoms with Crippen LogP contribution >= 0.6 is 0 Å². The van der Waals surface area contributed by atoms with E-state index in [2.05, 4.69) is 16.4 Å². The van der Waals surface area contributed by atoms with Gasteiger partial charge in [0.25, 0.3) is 0 Å². The number of benzene rings is 1. The first-order valence-electron chi connectivity index (χ1n) is 8.21. The number of allylic oxidation sites excluding steroid dienone is 1. The van der Waals surface area contributed by atoms with Crippen molar-refractivity contribution in [2.24, 2.45) is 0 Å². The molecular weight excluding hydrogens is 300 g/mol. The minimum Gasteiger partial charge on any atom is -0.487 e. The summed E-state index contributed by atoms with van der Waals surface area (Å²) in [7, 11) is 0. The fourth-order valence-corrected chi connectivity index (χ4v) is 2.88. The number of rotatable bonds is 4. The number of carbonyl (C=O) groups is 1. The fraction of sp³-hybridized carbons (Fsp3) is 0.300. The first-order valence-corrected chi connectivity index (χ1v) is 8.21. The van der Waals surface area contributed by atoms with Crippen LogP contribution < -0.4 is 10.1 Å². The summed E-state index contributed by atoms with van der Waals surface area (Å²) in [6, 6.07) is 10.1. The van der Waals surface area contributed by atoms with Crippen LogP contribution in [-0.4, -0.2) is 23.5 Å². The third kappa shape index (κ3) is 3.18. The molecule has 1 aliphatic heterocycles. The second kappa shape index (κ2) is 6.87. The van der Waals surface area contributed by atoms with Gasteiger partial charge in [0.15, 0.2) is 0 Å². The second-order valence-corrected chi connectivity index (χ2v) is 6.09. The van der Waals surface area contributed by atoms with Gasteiger partial charge in [-0.2, -0.15) is 0 Å². The van der Waals surface area contributed by atoms with E-state index < -0.39 is 0 Å². The van der Waals surface area contributed by atoms with Crippen LogP contribution in [0.1, 0.15) is 25.0 Å². The number of amides is 1. The van der Waals surface area contributed by atoms with Crippen LogP contribution in [0.4, 0.5) is 0 Å². The summed E-state index contributed by atoms with van der Waals surface area (Å²) in [5.41, 5.74) is 4.97. The highest BCUT2D eigenvalue weighted by atomic mass is 16.5. The standard InChI is InChI=1S/C20H22N2O2/c1-4-13(2)20(23)22-12-16-11-15-8-5-9-17(19(15)24-16)18-14(3)7-6-10-21-18/h4-10,16H,11-12H2,1-3H3,(H,22,23)/b13-4+. The van der Waals surface area contributed by atoms with Crippen molar-refractivity contribution in [1.29, 1.82) is 0 Å². The largest absolute Gasteiger partial charge is 0.487 e. The van der Waals surface area contributed by atoms with Gasteiger partial charge in [-0.05, 0) is 44.0 Å². The third-order valence-electron chi connectivity index (χ3n) is 4.37. The second-order valence-electron chi connectivity index (χ2n) is 6.09. The van der Waals surface area contributed by atoms with Crippen molar-refractivity contribution < 1.29 is 9.53 Å². The molecule has 0 radical (unpaired) electrons. The van der Waals surface area contributed by atoms with E-state index in [1.807, 2.05) is 51.1 Å². The fourth-order valence-electron chi connectivity index (χ4n) is 2.88. The number of pyridine rings is 1. The molecule has 0 spiro atoms. The van der Waals surface area contributed by atoms with Crippen LogP contribution in [0.2, 0.25) is 0 Å². The number of carbonyl (C=O) groups excluding carboxylic acids is 1. The van der Waals surface area contributed by atoms with Gasteiger partial charge in [-0.3, -0.25) is 9.78 Å². The lowest BCUT2D eigenvalue weighted by molar-refractivity contribution is -0.117. The van der Waals surface area contributed by atoms with Gasteiger partial charge in [0.1, 0.15) is 11.9 Å². The quantitative estimate of drug-likeness (QED) is 0.877. The maximum Gasteiger partial charge on any atom is 0.246 e. The lowest BCUT2D eigenvalue weighted by Gasteiger charge is -2.14. The van der Waals surface area contributed by atoms with Gasteiger partial charge in [-0.15, -0.1) is 0 Å². The Morgan fingerprint density at radius 2 is 2.21 bits per heavy atom. The van der Waals surface area contributed by atoms with Crippen molar-refractivity contribution in [3.8, 4) is 17.0 Å². The van der Waals surface area contributed by atoms with Gasteiger partial charge in [-0.25, -0.2) is 0 Å². The summed E-state index contributed by atoms with van der Waals surface area (Å²) >= 11 is 0. The predicted octanol–water partition coefficient (Wildman–Crippen LogP) is 3.44. The summed E-state index contributed by atoms with van der Waals surface area (Å²) < 4.78 is 6.14. The highest BCUT2D eigenvalue weighted by molar-refractivity contribution is 5.92. The Balaban J connectivity index is 1.78. The molecule has 124 valence electrons. The molecule has 0 saturated heterocycles. The molecule has 1 aromatic heterocycles. The number of para-hydroxylation sites is 1. The summed E-state index contributed by atoms with van der Waals surface area (Å²) in [6.45, 7) is 6.22. The van der Waals surface area contributed by atoms with Gasteiger partial charge in [0.2, 0.25) is 5.91 Å². The summed E-state index contributed by atoms with van der Waals surface area (Å²) in [4.78, 5) is 16.4. The smallest absolute Gasteiger partial charge is 0.246 e. The summed E-state index contributed by atoms with van der Waals surface area (Å²) in [5, 5.41) is 2.93. The van der Waals surface area contributed by atoms with Crippen molar-refractivity contribution in [1.82, 2.24) is 10.3 Å². The maximum atomic E-state index is 11.9. The van der Waals surface area contributed by atoms with Crippen molar-refractivity contribution in [2.75, 3.05) is 6.54 Å². The minimum absolute atomic E-state index is 0.0428. The zero-order valence-electron chi connectivity index (χ0n) is 14.3. The third-order valence-corrected chi connectivity index (χ3v) is 4.37. The lowest BCUT2D eigenvalue weighted by Crippen LogP contribution is -2.34. The van der Waals surface area contributed by atoms with E-state index in [0.29, 0.717) is 6.54 Å². The van der Waals surface area contributed by atoms with Crippen molar-refractivity contribution in [3.63, 3.8) is 0 Å². The summed E-state index contributed by atoms with van der Waals surface area (Å²) in [6.07, 6.45) is 4.36. The molecule has 3 rings (SSSR count). The zero-order valence-corrected chi connectivity index (χ0v) is 14.3. The minimum atomic E-state index is -0.0437. The van der Waals surface area contributed by atoms with Crippen molar-refractivity contribution >= 4 is 5.91 Å². The molecule has 1 N–H and O–H groups in total. The molecule has 1 unspecified atom stereocenters. The Kier molecular flexibility index (Phi) is 4.65.